The van der Waals surface area contributed by atoms with E-state index in [1.165, 1.54) is 321 Å². The van der Waals surface area contributed by atoms with E-state index in [1.54, 1.807) is 0 Å². The summed E-state index contributed by atoms with van der Waals surface area (Å²) < 4.78 is 22.0. The smallest absolute Gasteiger partial charge is 0.306 e. The van der Waals surface area contributed by atoms with Gasteiger partial charge in [0.25, 0.3) is 0 Å². The normalized spacial score (nSPS) is 12.1. The number of hydrogen-bond acceptors (Lipinski definition) is 12. The van der Waals surface area contributed by atoms with Crippen LogP contribution in [-0.4, -0.2) is 83.3 Å². The molecule has 12 heteroatoms. The number of ether oxygens (including phenoxy) is 4. The van der Waals surface area contributed by atoms with Gasteiger partial charge in [-0.1, -0.05) is 452 Å². The maximum absolute atomic E-state index is 13.4. The minimum Gasteiger partial charge on any atom is -0.463 e. The van der Waals surface area contributed by atoms with E-state index in [0.717, 1.165) is 109 Å². The summed E-state index contributed by atoms with van der Waals surface area (Å²) >= 11 is 0. The number of hydrogen-bond donors (Lipinski definition) is 2. The molecule has 0 saturated heterocycles. The number of carbonyl (C=O) groups excluding carboxylic acids is 6. The number of aliphatic hydroxyl groups is 2. The number of Topliss-reactive ketones (excluding diaryl/α,β-unsaturated/α-hetero) is 2. The van der Waals surface area contributed by atoms with Crippen molar-refractivity contribution in [2.24, 2.45) is 0 Å². The number of esters is 4. The molecule has 0 amide bonds. The summed E-state index contributed by atoms with van der Waals surface area (Å²) in [7, 11) is 0. The van der Waals surface area contributed by atoms with Crippen molar-refractivity contribution in [3.8, 4) is 0 Å². The van der Waals surface area contributed by atoms with Crippen molar-refractivity contribution in [3.63, 3.8) is 0 Å². The Morgan fingerprint density at radius 3 is 0.557 bits per heavy atom. The van der Waals surface area contributed by atoms with Gasteiger partial charge in [-0.2, -0.15) is 0 Å². The third kappa shape index (κ3) is 75.2. The van der Waals surface area contributed by atoms with Crippen LogP contribution in [0.5, 0.6) is 0 Å². The van der Waals surface area contributed by atoms with Gasteiger partial charge in [-0.15, -0.1) is 0 Å². The Labute approximate surface area is 657 Å². The van der Waals surface area contributed by atoms with Crippen LogP contribution < -0.4 is 0 Å². The summed E-state index contributed by atoms with van der Waals surface area (Å²) in [4.78, 5) is 77.0. The van der Waals surface area contributed by atoms with Crippen LogP contribution in [0.25, 0.3) is 0 Å². The Morgan fingerprint density at radius 1 is 0.217 bits per heavy atom. The van der Waals surface area contributed by atoms with Gasteiger partial charge in [-0.25, -0.2) is 0 Å². The Hall–Kier alpha value is -2.86. The van der Waals surface area contributed by atoms with Gasteiger partial charge >= 0.3 is 23.9 Å². The van der Waals surface area contributed by atoms with E-state index in [2.05, 4.69) is 41.5 Å². The van der Waals surface area contributed by atoms with Crippen molar-refractivity contribution in [1.82, 2.24) is 0 Å². The van der Waals surface area contributed by atoms with Gasteiger partial charge in [0.05, 0.1) is 0 Å². The standard InChI is InChI=1S/2C47H90O6/c1-4-7-10-13-16-19-22-23-26-28-31-34-37-40-46(49)52-43-44(53-47(50)41-38-35-32-29-25-21-18-15-12-9-6-3)42-51-45(48)39-36-33-30-27-24-20-17-14-11-8-5-2;1-4-7-10-13-16-19-22-23-26-29-32-35-38-41-46(51)53-42-45(50)47(52,43(48)39-36-33-30-27-24-20-17-14-11-8-5-2)44(49)40-37-34-31-28-25-21-18-15-12-9-6-3/h44H,4-43H2,1-3H3;45,50,52H,4-42H2,1-3H3. The van der Waals surface area contributed by atoms with E-state index in [1.807, 2.05) is 0 Å². The quantitative estimate of drug-likeness (QED) is 0.0255. The summed E-state index contributed by atoms with van der Waals surface area (Å²) in [6.45, 7) is 12.8. The van der Waals surface area contributed by atoms with Crippen molar-refractivity contribution in [3.05, 3.63) is 0 Å². The lowest BCUT2D eigenvalue weighted by atomic mass is 9.82. The van der Waals surface area contributed by atoms with E-state index in [0.29, 0.717) is 38.5 Å². The second-order valence-corrected chi connectivity index (χ2v) is 32.4. The molecular weight excluding hydrogens is 1320 g/mol. The predicted octanol–water partition coefficient (Wildman–Crippen LogP) is 28.5. The van der Waals surface area contributed by atoms with Gasteiger partial charge in [0.1, 0.15) is 25.9 Å². The molecule has 0 aliphatic carbocycles. The molecule has 0 radical (unpaired) electrons. The number of carbonyl (C=O) groups is 6. The van der Waals surface area contributed by atoms with Gasteiger partial charge in [0.15, 0.2) is 17.7 Å². The highest BCUT2D eigenvalue weighted by atomic mass is 16.6. The fourth-order valence-corrected chi connectivity index (χ4v) is 14.5. The van der Waals surface area contributed by atoms with Gasteiger partial charge in [0, 0.05) is 38.5 Å². The van der Waals surface area contributed by atoms with Crippen molar-refractivity contribution in [1.29, 1.82) is 0 Å². The minimum absolute atomic E-state index is 0.0431. The van der Waals surface area contributed by atoms with Gasteiger partial charge < -0.3 is 29.2 Å². The number of rotatable bonds is 86. The lowest BCUT2D eigenvalue weighted by Crippen LogP contribution is -2.57. The van der Waals surface area contributed by atoms with E-state index < -0.39 is 42.0 Å². The first-order valence-corrected chi connectivity index (χ1v) is 47.0. The first kappa shape index (κ1) is 105. The molecule has 2 unspecified atom stereocenters. The Balaban J connectivity index is 0. The number of aliphatic hydroxyl groups excluding tert-OH is 1. The van der Waals surface area contributed by atoms with Crippen molar-refractivity contribution < 1.29 is 57.9 Å². The van der Waals surface area contributed by atoms with E-state index in [9.17, 15) is 39.0 Å². The second kappa shape index (κ2) is 86.1. The van der Waals surface area contributed by atoms with Gasteiger partial charge in [-0.3, -0.25) is 28.8 Å². The lowest BCUT2D eigenvalue weighted by Gasteiger charge is -2.30. The molecule has 0 aromatic heterocycles. The maximum atomic E-state index is 13.4. The monoisotopic (exact) mass is 1500 g/mol. The van der Waals surface area contributed by atoms with Crippen LogP contribution in [0, 0.1) is 0 Å². The SMILES string of the molecule is CCCCCCCCCCCCCCCC(=O)OCC(COC(=O)CCCCCCCCCCCCC)OC(=O)CCCCCCCCCCCCC.CCCCCCCCCCCCCCCC(=O)OCC(O)C(O)(C(=O)CCCCCCCCCCCCC)C(=O)CCCCCCCCCCCCC. The van der Waals surface area contributed by atoms with Gasteiger partial charge in [0.2, 0.25) is 5.60 Å². The molecule has 106 heavy (non-hydrogen) atoms. The maximum Gasteiger partial charge on any atom is 0.306 e. The first-order chi connectivity index (χ1) is 51.9. The summed E-state index contributed by atoms with van der Waals surface area (Å²) in [5, 5.41) is 22.5. The average molecular weight is 1500 g/mol. The van der Waals surface area contributed by atoms with Crippen LogP contribution in [0.2, 0.25) is 0 Å². The van der Waals surface area contributed by atoms with Crippen molar-refractivity contribution in [2.45, 2.75) is 547 Å². The predicted molar refractivity (Wildman–Crippen MR) is 449 cm³/mol. The molecule has 0 rings (SSSR count). The molecule has 0 aliphatic heterocycles. The minimum atomic E-state index is -2.52. The Kier molecular flexibility index (Phi) is 85.5. The van der Waals surface area contributed by atoms with Crippen LogP contribution >= 0.6 is 0 Å². The topological polar surface area (TPSA) is 180 Å². The largest absolute Gasteiger partial charge is 0.463 e. The molecule has 2 N–H and O–H groups in total. The highest BCUT2D eigenvalue weighted by molar-refractivity contribution is 6.10. The average Bonchev–Trinajstić information content (AvgIpc) is 0.804. The summed E-state index contributed by atoms with van der Waals surface area (Å²) in [6.07, 6.45) is 83.1. The molecular formula is C94H180O12. The Bertz CT molecular complexity index is 1830. The molecule has 0 aromatic carbocycles. The highest BCUT2D eigenvalue weighted by Gasteiger charge is 2.49. The summed E-state index contributed by atoms with van der Waals surface area (Å²) in [5.74, 6) is -2.58. The fraction of sp³-hybridized carbons (Fsp3) is 0.936. The van der Waals surface area contributed by atoms with E-state index in [-0.39, 0.29) is 50.4 Å². The number of ketones is 2. The fourth-order valence-electron chi connectivity index (χ4n) is 14.5. The Morgan fingerprint density at radius 2 is 0.368 bits per heavy atom. The van der Waals surface area contributed by atoms with E-state index >= 15 is 0 Å². The van der Waals surface area contributed by atoms with E-state index in [4.69, 9.17) is 18.9 Å². The van der Waals surface area contributed by atoms with Crippen LogP contribution in [0.4, 0.5) is 0 Å². The first-order valence-electron chi connectivity index (χ1n) is 47.0. The molecule has 0 bridgehead atoms. The second-order valence-electron chi connectivity index (χ2n) is 32.4. The highest BCUT2D eigenvalue weighted by Crippen LogP contribution is 2.25. The zero-order chi connectivity index (χ0) is 77.8. The molecule has 0 heterocycles. The third-order valence-corrected chi connectivity index (χ3v) is 21.8. The molecule has 628 valence electrons. The van der Waals surface area contributed by atoms with Crippen LogP contribution in [0.15, 0.2) is 0 Å². The molecule has 0 aromatic rings. The summed E-state index contributed by atoms with van der Waals surface area (Å²) in [5.41, 5.74) is -2.52. The molecule has 0 spiro atoms. The molecule has 12 nitrogen and oxygen atoms in total. The van der Waals surface area contributed by atoms with Gasteiger partial charge in [-0.05, 0) is 38.5 Å². The van der Waals surface area contributed by atoms with Crippen molar-refractivity contribution in [2.75, 3.05) is 19.8 Å². The zero-order valence-corrected chi connectivity index (χ0v) is 71.5. The third-order valence-electron chi connectivity index (χ3n) is 21.8. The summed E-state index contributed by atoms with van der Waals surface area (Å²) in [6, 6.07) is 0. The van der Waals surface area contributed by atoms with Crippen molar-refractivity contribution >= 4 is 35.4 Å². The molecule has 0 saturated carbocycles. The zero-order valence-electron chi connectivity index (χ0n) is 71.5. The number of unbranched alkanes of at least 4 members (excludes halogenated alkanes) is 64. The van der Waals surface area contributed by atoms with Crippen LogP contribution in [0.3, 0.4) is 0 Å². The molecule has 0 fully saturated rings. The molecule has 0 aliphatic rings. The van der Waals surface area contributed by atoms with Crippen LogP contribution in [0.1, 0.15) is 530 Å². The van der Waals surface area contributed by atoms with Crippen LogP contribution in [-0.2, 0) is 47.7 Å². The lowest BCUT2D eigenvalue weighted by molar-refractivity contribution is -0.172. The molecule has 2 atom stereocenters.